The third-order valence-corrected chi connectivity index (χ3v) is 4.16. The van der Waals surface area contributed by atoms with Crippen LogP contribution in [0.15, 0.2) is 0 Å². The maximum Gasteiger partial charge on any atom is 0.00968 e. The van der Waals surface area contributed by atoms with Gasteiger partial charge in [-0.2, -0.15) is 0 Å². The molecule has 94 valence electrons. The van der Waals surface area contributed by atoms with E-state index >= 15 is 0 Å². The molecule has 0 aromatic rings. The standard InChI is InChI=1S/C14H28N2/c1-4-9-15-12-5-7-13(8-6-12)16-10-14(2,3)11-16/h12-13,15H,4-11H2,1-3H3. The first kappa shape index (κ1) is 12.4. The van der Waals surface area contributed by atoms with Crippen molar-refractivity contribution in [3.8, 4) is 0 Å². The fourth-order valence-electron chi connectivity index (χ4n) is 3.31. The molecule has 2 rings (SSSR count). The molecular formula is C14H28N2. The number of nitrogens with zero attached hydrogens (tertiary/aromatic N) is 1. The van der Waals surface area contributed by atoms with Gasteiger partial charge in [0.15, 0.2) is 0 Å². The molecule has 2 nitrogen and oxygen atoms in total. The van der Waals surface area contributed by atoms with Crippen LogP contribution in [0, 0.1) is 5.41 Å². The van der Waals surface area contributed by atoms with E-state index in [4.69, 9.17) is 0 Å². The van der Waals surface area contributed by atoms with Crippen molar-refractivity contribution in [2.45, 2.75) is 65.0 Å². The smallest absolute Gasteiger partial charge is 0.00968 e. The van der Waals surface area contributed by atoms with Crippen molar-refractivity contribution >= 4 is 0 Å². The normalized spacial score (nSPS) is 34.7. The van der Waals surface area contributed by atoms with Crippen molar-refractivity contribution in [2.24, 2.45) is 5.41 Å². The Hall–Kier alpha value is -0.0800. The van der Waals surface area contributed by atoms with Crippen molar-refractivity contribution < 1.29 is 0 Å². The van der Waals surface area contributed by atoms with Crippen LogP contribution >= 0.6 is 0 Å². The summed E-state index contributed by atoms with van der Waals surface area (Å²) in [6.45, 7) is 10.9. The highest BCUT2D eigenvalue weighted by atomic mass is 15.2. The minimum Gasteiger partial charge on any atom is -0.314 e. The molecule has 0 aromatic carbocycles. The van der Waals surface area contributed by atoms with Crippen molar-refractivity contribution in [1.29, 1.82) is 0 Å². The van der Waals surface area contributed by atoms with Gasteiger partial charge in [0.1, 0.15) is 0 Å². The van der Waals surface area contributed by atoms with E-state index in [-0.39, 0.29) is 0 Å². The Morgan fingerprint density at radius 2 is 1.75 bits per heavy atom. The Balaban J connectivity index is 1.66. The average Bonchev–Trinajstić information content (AvgIpc) is 2.24. The first-order valence-electron chi connectivity index (χ1n) is 7.08. The number of likely N-dealkylation sites (tertiary alicyclic amines) is 1. The third kappa shape index (κ3) is 2.98. The van der Waals surface area contributed by atoms with Gasteiger partial charge >= 0.3 is 0 Å². The van der Waals surface area contributed by atoms with Crippen LogP contribution in [0.1, 0.15) is 52.9 Å². The van der Waals surface area contributed by atoms with Gasteiger partial charge in [-0.1, -0.05) is 20.8 Å². The molecule has 2 fully saturated rings. The average molecular weight is 224 g/mol. The fraction of sp³-hybridized carbons (Fsp3) is 1.00. The van der Waals surface area contributed by atoms with Crippen LogP contribution in [0.2, 0.25) is 0 Å². The van der Waals surface area contributed by atoms with E-state index in [1.807, 2.05) is 0 Å². The van der Waals surface area contributed by atoms with Gasteiger partial charge in [0.05, 0.1) is 0 Å². The van der Waals surface area contributed by atoms with Crippen LogP contribution in [0.3, 0.4) is 0 Å². The molecule has 0 aromatic heterocycles. The summed E-state index contributed by atoms with van der Waals surface area (Å²) in [6, 6.07) is 1.71. The van der Waals surface area contributed by atoms with E-state index < -0.39 is 0 Å². The molecule has 1 saturated heterocycles. The van der Waals surface area contributed by atoms with Crippen molar-refractivity contribution in [3.05, 3.63) is 0 Å². The summed E-state index contributed by atoms with van der Waals surface area (Å²) in [4.78, 5) is 2.70. The maximum atomic E-state index is 3.66. The molecule has 0 radical (unpaired) electrons. The van der Waals surface area contributed by atoms with Crippen molar-refractivity contribution in [3.63, 3.8) is 0 Å². The van der Waals surface area contributed by atoms with Gasteiger partial charge in [0.25, 0.3) is 0 Å². The van der Waals surface area contributed by atoms with Crippen LogP contribution in [0.25, 0.3) is 0 Å². The monoisotopic (exact) mass is 224 g/mol. The van der Waals surface area contributed by atoms with Crippen molar-refractivity contribution in [2.75, 3.05) is 19.6 Å². The topological polar surface area (TPSA) is 15.3 Å². The zero-order chi connectivity index (χ0) is 11.6. The predicted octanol–water partition coefficient (Wildman–Crippen LogP) is 2.64. The Bertz CT molecular complexity index is 209. The van der Waals surface area contributed by atoms with Crippen molar-refractivity contribution in [1.82, 2.24) is 10.2 Å². The molecule has 1 heterocycles. The van der Waals surface area contributed by atoms with Crippen LogP contribution in [-0.2, 0) is 0 Å². The Morgan fingerprint density at radius 1 is 1.12 bits per heavy atom. The summed E-state index contributed by atoms with van der Waals surface area (Å²) in [7, 11) is 0. The maximum absolute atomic E-state index is 3.66. The second-order valence-electron chi connectivity index (χ2n) is 6.53. The van der Waals surface area contributed by atoms with E-state index in [2.05, 4.69) is 31.0 Å². The lowest BCUT2D eigenvalue weighted by Crippen LogP contribution is -2.58. The predicted molar refractivity (Wildman–Crippen MR) is 69.7 cm³/mol. The minimum absolute atomic E-state index is 0.595. The molecule has 0 spiro atoms. The molecule has 2 aliphatic rings. The lowest BCUT2D eigenvalue weighted by Gasteiger charge is -2.51. The Labute approximate surface area is 101 Å². The zero-order valence-electron chi connectivity index (χ0n) is 11.3. The van der Waals surface area contributed by atoms with E-state index in [9.17, 15) is 0 Å². The molecule has 1 aliphatic heterocycles. The van der Waals surface area contributed by atoms with Gasteiger partial charge in [0, 0.05) is 25.2 Å². The Kier molecular flexibility index (Phi) is 3.91. The van der Waals surface area contributed by atoms with E-state index in [1.165, 1.54) is 51.7 Å². The third-order valence-electron chi connectivity index (χ3n) is 4.16. The largest absolute Gasteiger partial charge is 0.314 e. The molecule has 1 N–H and O–H groups in total. The van der Waals surface area contributed by atoms with Crippen LogP contribution in [0.4, 0.5) is 0 Å². The molecule has 0 bridgehead atoms. The molecule has 0 amide bonds. The van der Waals surface area contributed by atoms with Crippen LogP contribution < -0.4 is 5.32 Å². The zero-order valence-corrected chi connectivity index (χ0v) is 11.3. The highest BCUT2D eigenvalue weighted by Crippen LogP contribution is 2.35. The van der Waals surface area contributed by atoms with Crippen LogP contribution in [0.5, 0.6) is 0 Å². The van der Waals surface area contributed by atoms with Gasteiger partial charge in [-0.15, -0.1) is 0 Å². The summed E-state index contributed by atoms with van der Waals surface area (Å²) in [5.74, 6) is 0. The molecule has 2 heteroatoms. The summed E-state index contributed by atoms with van der Waals surface area (Å²) in [5, 5.41) is 3.66. The minimum atomic E-state index is 0.595. The number of hydrogen-bond acceptors (Lipinski definition) is 2. The number of nitrogens with one attached hydrogen (secondary N) is 1. The first-order chi connectivity index (χ1) is 7.61. The SMILES string of the molecule is CCCNC1CCC(N2CC(C)(C)C2)CC1. The van der Waals surface area contributed by atoms with Gasteiger partial charge in [0.2, 0.25) is 0 Å². The molecule has 0 atom stereocenters. The number of rotatable bonds is 4. The van der Waals surface area contributed by atoms with Crippen LogP contribution in [-0.4, -0.2) is 36.6 Å². The van der Waals surface area contributed by atoms with E-state index in [0.29, 0.717) is 5.41 Å². The fourth-order valence-corrected chi connectivity index (χ4v) is 3.31. The summed E-state index contributed by atoms with van der Waals surface area (Å²) < 4.78 is 0. The molecule has 1 saturated carbocycles. The second-order valence-corrected chi connectivity index (χ2v) is 6.53. The molecule has 16 heavy (non-hydrogen) atoms. The highest BCUT2D eigenvalue weighted by molar-refractivity contribution is 4.93. The molecule has 1 aliphatic carbocycles. The lowest BCUT2D eigenvalue weighted by atomic mass is 9.80. The van der Waals surface area contributed by atoms with E-state index in [1.54, 1.807) is 0 Å². The molecular weight excluding hydrogens is 196 g/mol. The number of hydrogen-bond donors (Lipinski definition) is 1. The van der Waals surface area contributed by atoms with E-state index in [0.717, 1.165) is 12.1 Å². The Morgan fingerprint density at radius 3 is 2.25 bits per heavy atom. The first-order valence-corrected chi connectivity index (χ1v) is 7.08. The second kappa shape index (κ2) is 5.05. The summed E-state index contributed by atoms with van der Waals surface area (Å²) in [6.07, 6.45) is 6.87. The van der Waals surface area contributed by atoms with Gasteiger partial charge in [-0.05, 0) is 44.1 Å². The lowest BCUT2D eigenvalue weighted by molar-refractivity contribution is -0.0201. The summed E-state index contributed by atoms with van der Waals surface area (Å²) >= 11 is 0. The van der Waals surface area contributed by atoms with Gasteiger partial charge < -0.3 is 5.32 Å². The van der Waals surface area contributed by atoms with Gasteiger partial charge in [-0.3, -0.25) is 4.90 Å². The summed E-state index contributed by atoms with van der Waals surface area (Å²) in [5.41, 5.74) is 0.595. The highest BCUT2D eigenvalue weighted by Gasteiger charge is 2.38. The van der Waals surface area contributed by atoms with Gasteiger partial charge in [-0.25, -0.2) is 0 Å². The molecule has 0 unspecified atom stereocenters. The quantitative estimate of drug-likeness (QED) is 0.790.